The van der Waals surface area contributed by atoms with E-state index in [4.69, 9.17) is 0 Å². The monoisotopic (exact) mass is 628 g/mol. The van der Waals surface area contributed by atoms with Gasteiger partial charge in [0.1, 0.15) is 0 Å². The van der Waals surface area contributed by atoms with Crippen LogP contribution in [0.5, 0.6) is 0 Å². The largest absolute Gasteiger partial charge is 0.168 e. The van der Waals surface area contributed by atoms with Gasteiger partial charge in [-0.05, 0) is 31.6 Å². The maximum Gasteiger partial charge on any atom is 0 e. The van der Waals surface area contributed by atoms with Crippen molar-refractivity contribution >= 4 is 40.7 Å². The summed E-state index contributed by atoms with van der Waals surface area (Å²) in [6.45, 7) is 11.9. The number of hydrogen-bond donors (Lipinski definition) is 0. The minimum atomic E-state index is 0. The molecule has 0 saturated heterocycles. The predicted octanol–water partition coefficient (Wildman–Crippen LogP) is 8.42. The van der Waals surface area contributed by atoms with Gasteiger partial charge in [-0.25, -0.2) is 0 Å². The fraction of sp³-hybridized carbons (Fsp3) is 0.125. The molecule has 5 aromatic rings. The Morgan fingerprint density at radius 2 is 1.53 bits per heavy atom. The summed E-state index contributed by atoms with van der Waals surface area (Å²) >= 11 is 0. The number of fused-ring (bicyclic) bond motifs is 2. The van der Waals surface area contributed by atoms with Crippen molar-refractivity contribution in [2.75, 3.05) is 0 Å². The Balaban J connectivity index is 0.000000207. The van der Waals surface area contributed by atoms with E-state index in [1.165, 1.54) is 48.8 Å². The van der Waals surface area contributed by atoms with Gasteiger partial charge >= 0.3 is 0 Å². The molecule has 0 N–H and O–H groups in total. The van der Waals surface area contributed by atoms with Gasteiger partial charge in [0.2, 0.25) is 0 Å². The van der Waals surface area contributed by atoms with Crippen molar-refractivity contribution in [2.24, 2.45) is 0 Å². The van der Waals surface area contributed by atoms with Gasteiger partial charge in [-0.1, -0.05) is 82.3 Å². The molecule has 0 radical (unpaired) electrons. The van der Waals surface area contributed by atoms with Crippen LogP contribution in [0, 0.1) is 20.8 Å². The summed E-state index contributed by atoms with van der Waals surface area (Å²) in [6, 6.07) is 32.6. The first-order valence-electron chi connectivity index (χ1n) is 11.4. The van der Waals surface area contributed by atoms with Crippen LogP contribution in [0.1, 0.15) is 23.6 Å². The number of hydrogen-bond acceptors (Lipinski definition) is 0. The zero-order valence-corrected chi connectivity index (χ0v) is 25.2. The van der Waals surface area contributed by atoms with E-state index in [2.05, 4.69) is 118 Å². The van der Waals surface area contributed by atoms with E-state index in [0.717, 1.165) is 8.58 Å². The fourth-order valence-electron chi connectivity index (χ4n) is 3.76. The van der Waals surface area contributed by atoms with Crippen LogP contribution >= 0.6 is 8.58 Å². The van der Waals surface area contributed by atoms with Crippen molar-refractivity contribution in [1.82, 2.24) is 0 Å². The molecule has 0 bridgehead atoms. The molecule has 0 aliphatic heterocycles. The molecule has 5 aromatic carbocycles. The number of aryl methyl sites for hydroxylation is 3. The van der Waals surface area contributed by atoms with Gasteiger partial charge in [0.15, 0.2) is 0 Å². The second-order valence-corrected chi connectivity index (χ2v) is 9.49. The number of rotatable bonds is 3. The first-order chi connectivity index (χ1) is 16.0. The molecule has 1 atom stereocenters. The van der Waals surface area contributed by atoms with E-state index in [9.17, 15) is 0 Å². The van der Waals surface area contributed by atoms with E-state index in [0.29, 0.717) is 0 Å². The first kappa shape index (κ1) is 27.9. The second-order valence-electron chi connectivity index (χ2n) is 8.13. The van der Waals surface area contributed by atoms with Crippen LogP contribution in [0.2, 0.25) is 0 Å². The van der Waals surface area contributed by atoms with E-state index >= 15 is 0 Å². The second kappa shape index (κ2) is 14.1. The van der Waals surface area contributed by atoms with Crippen LogP contribution in [0.25, 0.3) is 21.5 Å². The molecule has 0 saturated carbocycles. The molecule has 5 rings (SSSR count). The molecule has 0 heterocycles. The summed E-state index contributed by atoms with van der Waals surface area (Å²) in [5.41, 5.74) is 4.13. The minimum absolute atomic E-state index is 0. The molecule has 0 nitrogen and oxygen atoms in total. The van der Waals surface area contributed by atoms with Crippen molar-refractivity contribution in [3.63, 3.8) is 0 Å². The van der Waals surface area contributed by atoms with Crippen LogP contribution in [0.3, 0.4) is 0 Å². The summed E-state index contributed by atoms with van der Waals surface area (Å²) in [6.07, 6.45) is 5.58. The van der Waals surface area contributed by atoms with Gasteiger partial charge in [0.25, 0.3) is 0 Å². The van der Waals surface area contributed by atoms with Gasteiger partial charge < -0.3 is 0 Å². The zero-order valence-electron chi connectivity index (χ0n) is 20.6. The molecular weight excluding hydrogens is 594 g/mol. The van der Waals surface area contributed by atoms with E-state index in [1.807, 2.05) is 19.1 Å². The first-order valence-corrected chi connectivity index (χ1v) is 12.4. The molecule has 0 amide bonds. The Morgan fingerprint density at radius 3 is 2.18 bits per heavy atom. The van der Waals surface area contributed by atoms with Crippen molar-refractivity contribution < 1.29 is 25.8 Å². The Hall–Kier alpha value is -2.34. The van der Waals surface area contributed by atoms with Gasteiger partial charge in [0.05, 0.1) is 0 Å². The van der Waals surface area contributed by atoms with Crippen LogP contribution < -0.4 is 10.6 Å². The summed E-state index contributed by atoms with van der Waals surface area (Å²) in [7, 11) is 0.759. The molecule has 0 aromatic heterocycles. The molecule has 34 heavy (non-hydrogen) atoms. The average molecular weight is 627 g/mol. The maximum atomic E-state index is 3.46. The third-order valence-electron chi connectivity index (χ3n) is 5.62. The Labute approximate surface area is 225 Å². The van der Waals surface area contributed by atoms with Crippen molar-refractivity contribution in [3.8, 4) is 0 Å². The third-order valence-corrected chi connectivity index (χ3v) is 7.03. The Bertz CT molecular complexity index is 1280. The molecule has 0 spiro atoms. The quantitative estimate of drug-likeness (QED) is 0.0816. The van der Waals surface area contributed by atoms with Crippen LogP contribution in [-0.4, -0.2) is 0 Å². The summed E-state index contributed by atoms with van der Waals surface area (Å²) in [5.74, 6) is 0. The summed E-state index contributed by atoms with van der Waals surface area (Å²) < 4.78 is 0. The normalized spacial score (nSPS) is 10.6. The predicted molar refractivity (Wildman–Crippen MR) is 152 cm³/mol. The van der Waals surface area contributed by atoms with Gasteiger partial charge in [0, 0.05) is 25.8 Å². The van der Waals surface area contributed by atoms with E-state index in [1.54, 1.807) is 6.08 Å². The topological polar surface area (TPSA) is 0 Å². The minimum Gasteiger partial charge on any atom is -0.168 e. The van der Waals surface area contributed by atoms with Crippen molar-refractivity contribution in [3.05, 3.63) is 132 Å². The molecule has 2 heteroatoms. The standard InChI is InChI=1S/C16H14P.C11H11.C5H8.Hf/c1-12-6-2-5-9-16(12)17-15-10-13-7-3-4-8-14(13)11-15;1-8-6-7-9(2)11-5-3-4-10(8)11;1-3-5-4-2;/h2-11,17H,1H3;3-7H,1-2H3;3-5H,1H2,2H3;/q2*-1;;. The number of allylic oxidation sites excluding steroid dienone is 3. The van der Waals surface area contributed by atoms with Crippen molar-refractivity contribution in [1.29, 1.82) is 0 Å². The third kappa shape index (κ3) is 7.59. The summed E-state index contributed by atoms with van der Waals surface area (Å²) in [5, 5.41) is 8.37. The van der Waals surface area contributed by atoms with Crippen LogP contribution in [0.15, 0.2) is 116 Å². The van der Waals surface area contributed by atoms with E-state index in [-0.39, 0.29) is 25.8 Å². The molecule has 1 unspecified atom stereocenters. The zero-order chi connectivity index (χ0) is 23.6. The average Bonchev–Trinajstić information content (AvgIpc) is 3.47. The number of benzene rings is 3. The molecule has 0 fully saturated rings. The summed E-state index contributed by atoms with van der Waals surface area (Å²) in [4.78, 5) is 0. The van der Waals surface area contributed by atoms with Crippen LogP contribution in [-0.2, 0) is 25.8 Å². The van der Waals surface area contributed by atoms with Gasteiger partial charge in [-0.2, -0.15) is 18.2 Å². The molecule has 0 aliphatic carbocycles. The smallest absolute Gasteiger partial charge is 0 e. The molecular formula is C32H33HfP-2. The van der Waals surface area contributed by atoms with Crippen LogP contribution in [0.4, 0.5) is 0 Å². The Kier molecular flexibility index (Phi) is 11.6. The van der Waals surface area contributed by atoms with E-state index < -0.39 is 0 Å². The van der Waals surface area contributed by atoms with Crippen molar-refractivity contribution in [2.45, 2.75) is 27.7 Å². The maximum absolute atomic E-state index is 3.46. The Morgan fingerprint density at radius 1 is 0.824 bits per heavy atom. The SMILES string of the molecule is C=CC=CC.Cc1ccc(C)c2[cH-]ccc12.Cc1ccccc1Pc1cc2ccccc2[cH-]1.[Hf]. The fourth-order valence-corrected chi connectivity index (χ4v) is 4.99. The molecule has 0 aliphatic rings. The van der Waals surface area contributed by atoms with Gasteiger partial charge in [-0.15, -0.1) is 68.8 Å². The molecule has 172 valence electrons. The van der Waals surface area contributed by atoms with Gasteiger partial charge in [-0.3, -0.25) is 0 Å².